The first-order valence-electron chi connectivity index (χ1n) is 6.42. The van der Waals surface area contributed by atoms with Crippen LogP contribution in [0.25, 0.3) is 10.2 Å². The van der Waals surface area contributed by atoms with Crippen molar-refractivity contribution in [1.29, 1.82) is 0 Å². The van der Waals surface area contributed by atoms with Gasteiger partial charge in [-0.3, -0.25) is 0 Å². The van der Waals surface area contributed by atoms with Gasteiger partial charge in [-0.2, -0.15) is 0 Å². The van der Waals surface area contributed by atoms with Gasteiger partial charge in [0, 0.05) is 15.9 Å². The second kappa shape index (κ2) is 4.58. The van der Waals surface area contributed by atoms with Crippen LogP contribution in [0.4, 0.5) is 0 Å². The second-order valence-electron chi connectivity index (χ2n) is 5.40. The summed E-state index contributed by atoms with van der Waals surface area (Å²) in [5.74, 6) is 0. The van der Waals surface area contributed by atoms with Gasteiger partial charge in [0.25, 0.3) is 0 Å². The summed E-state index contributed by atoms with van der Waals surface area (Å²) in [7, 11) is 0. The number of nitrogens with two attached hydrogens (primary N) is 1. The maximum Gasteiger partial charge on any atom is 0.101 e. The molecular weight excluding hydrogens is 308 g/mol. The lowest BCUT2D eigenvalue weighted by Gasteiger charge is -2.37. The molecule has 2 atom stereocenters. The number of aromatic nitrogens is 1. The van der Waals surface area contributed by atoms with Crippen molar-refractivity contribution >= 4 is 37.5 Å². The van der Waals surface area contributed by atoms with Crippen LogP contribution in [-0.2, 0) is 5.41 Å². The maximum atomic E-state index is 6.35. The zero-order chi connectivity index (χ0) is 12.8. The Morgan fingerprint density at radius 1 is 1.44 bits per heavy atom. The molecule has 1 aromatic carbocycles. The number of thiazole rings is 1. The third-order valence-electron chi connectivity index (χ3n) is 4.12. The smallest absolute Gasteiger partial charge is 0.101 e. The topological polar surface area (TPSA) is 38.9 Å². The summed E-state index contributed by atoms with van der Waals surface area (Å²) in [5, 5.41) is 1.21. The molecule has 1 fully saturated rings. The molecule has 2 aromatic rings. The van der Waals surface area contributed by atoms with Crippen LogP contribution < -0.4 is 5.73 Å². The molecule has 1 aliphatic carbocycles. The average molecular weight is 325 g/mol. The fourth-order valence-electron chi connectivity index (χ4n) is 2.77. The van der Waals surface area contributed by atoms with Crippen molar-refractivity contribution in [3.8, 4) is 0 Å². The van der Waals surface area contributed by atoms with Gasteiger partial charge in [-0.25, -0.2) is 4.98 Å². The van der Waals surface area contributed by atoms with Crippen LogP contribution in [0.1, 0.15) is 37.6 Å². The van der Waals surface area contributed by atoms with E-state index < -0.39 is 0 Å². The van der Waals surface area contributed by atoms with E-state index in [1.165, 1.54) is 22.5 Å². The predicted molar refractivity (Wildman–Crippen MR) is 81.1 cm³/mol. The molecule has 0 aliphatic heterocycles. The largest absolute Gasteiger partial charge is 0.327 e. The monoisotopic (exact) mass is 324 g/mol. The SMILES string of the molecule is CC1(c2nc3cc(Br)ccc3s2)CCCCC1N. The lowest BCUT2D eigenvalue weighted by atomic mass is 9.72. The second-order valence-corrected chi connectivity index (χ2v) is 7.35. The Bertz CT molecular complexity index is 580. The van der Waals surface area contributed by atoms with Gasteiger partial charge in [0.05, 0.1) is 10.2 Å². The van der Waals surface area contributed by atoms with E-state index in [-0.39, 0.29) is 11.5 Å². The minimum Gasteiger partial charge on any atom is -0.327 e. The van der Waals surface area contributed by atoms with Crippen LogP contribution >= 0.6 is 27.3 Å². The highest BCUT2D eigenvalue weighted by Crippen LogP contribution is 2.41. The van der Waals surface area contributed by atoms with Crippen LogP contribution in [0.3, 0.4) is 0 Å². The zero-order valence-corrected chi connectivity index (χ0v) is 12.9. The van der Waals surface area contributed by atoms with Crippen molar-refractivity contribution < 1.29 is 0 Å². The Labute approximate surface area is 120 Å². The van der Waals surface area contributed by atoms with Crippen molar-refractivity contribution in [3.05, 3.63) is 27.7 Å². The zero-order valence-electron chi connectivity index (χ0n) is 10.4. The van der Waals surface area contributed by atoms with Crippen molar-refractivity contribution in [2.75, 3.05) is 0 Å². The van der Waals surface area contributed by atoms with E-state index in [0.717, 1.165) is 22.8 Å². The number of hydrogen-bond donors (Lipinski definition) is 1. The van der Waals surface area contributed by atoms with Crippen LogP contribution in [-0.4, -0.2) is 11.0 Å². The Hall–Kier alpha value is -0.450. The highest BCUT2D eigenvalue weighted by Gasteiger charge is 2.38. The first-order chi connectivity index (χ1) is 8.59. The molecule has 0 bridgehead atoms. The molecule has 3 rings (SSSR count). The Morgan fingerprint density at radius 3 is 3.06 bits per heavy atom. The van der Waals surface area contributed by atoms with E-state index in [1.54, 1.807) is 11.3 Å². The molecule has 96 valence electrons. The molecule has 0 spiro atoms. The number of rotatable bonds is 1. The maximum absolute atomic E-state index is 6.35. The molecule has 2 unspecified atom stereocenters. The fraction of sp³-hybridized carbons (Fsp3) is 0.500. The lowest BCUT2D eigenvalue weighted by molar-refractivity contribution is 0.271. The van der Waals surface area contributed by atoms with E-state index in [1.807, 2.05) is 0 Å². The van der Waals surface area contributed by atoms with E-state index >= 15 is 0 Å². The highest BCUT2D eigenvalue weighted by atomic mass is 79.9. The van der Waals surface area contributed by atoms with Gasteiger partial charge in [-0.05, 0) is 31.0 Å². The molecular formula is C14H17BrN2S. The molecule has 18 heavy (non-hydrogen) atoms. The van der Waals surface area contributed by atoms with Gasteiger partial charge in [-0.1, -0.05) is 35.7 Å². The van der Waals surface area contributed by atoms with Gasteiger partial charge in [-0.15, -0.1) is 11.3 Å². The Balaban J connectivity index is 2.07. The molecule has 0 amide bonds. The number of benzene rings is 1. The predicted octanol–water partition coefficient (Wildman–Crippen LogP) is 4.22. The van der Waals surface area contributed by atoms with Gasteiger partial charge in [0.1, 0.15) is 5.01 Å². The molecule has 1 aliphatic rings. The standard InChI is InChI=1S/C14H17BrN2S/c1-14(7-3-2-4-12(14)16)13-17-10-8-9(15)5-6-11(10)18-13/h5-6,8,12H,2-4,7,16H2,1H3. The summed E-state index contributed by atoms with van der Waals surface area (Å²) in [5.41, 5.74) is 7.50. The molecule has 1 saturated carbocycles. The van der Waals surface area contributed by atoms with Gasteiger partial charge in [0.2, 0.25) is 0 Å². The number of halogens is 1. The van der Waals surface area contributed by atoms with E-state index in [4.69, 9.17) is 10.7 Å². The van der Waals surface area contributed by atoms with E-state index in [9.17, 15) is 0 Å². The van der Waals surface area contributed by atoms with Gasteiger partial charge in [0.15, 0.2) is 0 Å². The summed E-state index contributed by atoms with van der Waals surface area (Å²) < 4.78 is 2.34. The number of hydrogen-bond acceptors (Lipinski definition) is 3. The van der Waals surface area contributed by atoms with Crippen LogP contribution in [0, 0.1) is 0 Å². The number of nitrogens with zero attached hydrogens (tertiary/aromatic N) is 1. The summed E-state index contributed by atoms with van der Waals surface area (Å²) in [4.78, 5) is 4.83. The molecule has 1 aromatic heterocycles. The molecule has 2 N–H and O–H groups in total. The summed E-state index contributed by atoms with van der Waals surface area (Å²) in [6.07, 6.45) is 4.81. The molecule has 1 heterocycles. The van der Waals surface area contributed by atoms with Gasteiger partial charge >= 0.3 is 0 Å². The molecule has 2 nitrogen and oxygen atoms in total. The third kappa shape index (κ3) is 2.00. The van der Waals surface area contributed by atoms with Crippen molar-refractivity contribution in [3.63, 3.8) is 0 Å². The molecule has 4 heteroatoms. The normalized spacial score (nSPS) is 28.7. The fourth-order valence-corrected chi connectivity index (χ4v) is 4.30. The Morgan fingerprint density at radius 2 is 2.28 bits per heavy atom. The molecule has 0 radical (unpaired) electrons. The summed E-state index contributed by atoms with van der Waals surface area (Å²) in [6, 6.07) is 6.55. The lowest BCUT2D eigenvalue weighted by Crippen LogP contribution is -2.45. The van der Waals surface area contributed by atoms with Crippen molar-refractivity contribution in [2.24, 2.45) is 5.73 Å². The van der Waals surface area contributed by atoms with Crippen molar-refractivity contribution in [1.82, 2.24) is 4.98 Å². The summed E-state index contributed by atoms with van der Waals surface area (Å²) >= 11 is 5.31. The summed E-state index contributed by atoms with van der Waals surface area (Å²) in [6.45, 7) is 2.28. The third-order valence-corrected chi connectivity index (χ3v) is 5.93. The first kappa shape index (κ1) is 12.6. The number of fused-ring (bicyclic) bond motifs is 1. The van der Waals surface area contributed by atoms with Crippen LogP contribution in [0.5, 0.6) is 0 Å². The van der Waals surface area contributed by atoms with Crippen molar-refractivity contribution in [2.45, 2.75) is 44.1 Å². The quantitative estimate of drug-likeness (QED) is 0.853. The highest BCUT2D eigenvalue weighted by molar-refractivity contribution is 9.10. The average Bonchev–Trinajstić information content (AvgIpc) is 2.76. The first-order valence-corrected chi connectivity index (χ1v) is 8.03. The minimum absolute atomic E-state index is 0.0639. The van der Waals surface area contributed by atoms with Gasteiger partial charge < -0.3 is 5.73 Å². The molecule has 0 saturated heterocycles. The van der Waals surface area contributed by atoms with Crippen LogP contribution in [0.2, 0.25) is 0 Å². The van der Waals surface area contributed by atoms with E-state index in [0.29, 0.717) is 0 Å². The van der Waals surface area contributed by atoms with Crippen LogP contribution in [0.15, 0.2) is 22.7 Å². The van der Waals surface area contributed by atoms with E-state index in [2.05, 4.69) is 41.1 Å². The Kier molecular flexibility index (Phi) is 3.20. The minimum atomic E-state index is 0.0639.